The predicted octanol–water partition coefficient (Wildman–Crippen LogP) is 0.498. The van der Waals surface area contributed by atoms with Crippen molar-refractivity contribution in [2.45, 2.75) is 36.2 Å². The van der Waals surface area contributed by atoms with Crippen molar-refractivity contribution in [3.05, 3.63) is 29.3 Å². The molecular weight excluding hydrogens is 354 g/mol. The highest BCUT2D eigenvalue weighted by atomic mass is 35.5. The van der Waals surface area contributed by atoms with Gasteiger partial charge < -0.3 is 10.6 Å². The Balaban J connectivity index is 1.83. The number of hydrogen-bond acceptors (Lipinski definition) is 4. The minimum atomic E-state index is -3.89. The number of piperazine rings is 1. The first kappa shape index (κ1) is 17.2. The van der Waals surface area contributed by atoms with E-state index in [0.717, 1.165) is 17.1 Å². The van der Waals surface area contributed by atoms with Gasteiger partial charge in [0.2, 0.25) is 21.8 Å². The summed E-state index contributed by atoms with van der Waals surface area (Å²) in [6.07, 6.45) is 1.67. The molecule has 3 rings (SSSR count). The zero-order valence-corrected chi connectivity index (χ0v) is 14.4. The first-order valence-electron chi connectivity index (χ1n) is 7.72. The van der Waals surface area contributed by atoms with Crippen molar-refractivity contribution < 1.29 is 18.0 Å². The van der Waals surface area contributed by atoms with Gasteiger partial charge in [0.05, 0.1) is 11.3 Å². The number of benzene rings is 1. The quantitative estimate of drug-likeness (QED) is 0.787. The maximum atomic E-state index is 12.8. The number of carbonyl (C=O) groups is 2. The third-order valence-electron chi connectivity index (χ3n) is 4.02. The molecule has 0 aromatic heterocycles. The van der Waals surface area contributed by atoms with Gasteiger partial charge in [-0.25, -0.2) is 8.42 Å². The second kappa shape index (κ2) is 6.70. The van der Waals surface area contributed by atoms with Gasteiger partial charge in [0.15, 0.2) is 0 Å². The number of halogens is 1. The zero-order valence-electron chi connectivity index (χ0n) is 12.9. The highest BCUT2D eigenvalue weighted by Crippen LogP contribution is 2.24. The van der Waals surface area contributed by atoms with Crippen LogP contribution in [-0.2, 0) is 19.6 Å². The van der Waals surface area contributed by atoms with Crippen LogP contribution in [0.3, 0.4) is 0 Å². The molecule has 0 radical (unpaired) electrons. The topological polar surface area (TPSA) is 95.6 Å². The van der Waals surface area contributed by atoms with Crippen LogP contribution in [0.25, 0.3) is 0 Å². The standard InChI is InChI=1S/C15H18ClN3O4S/c16-10-1-5-12(6-2-10)24(22,23)19-8-7-17-15(21)13(19)9-14(20)18-11-3-4-11/h1-2,5-6,11,13H,3-4,7-9H2,(H,17,21)(H,18,20)/t13-/m1/s1. The van der Waals surface area contributed by atoms with E-state index in [0.29, 0.717) is 5.02 Å². The van der Waals surface area contributed by atoms with Gasteiger partial charge in [0, 0.05) is 24.2 Å². The lowest BCUT2D eigenvalue weighted by molar-refractivity contribution is -0.131. The Morgan fingerprint density at radius 2 is 1.96 bits per heavy atom. The molecule has 1 aliphatic carbocycles. The summed E-state index contributed by atoms with van der Waals surface area (Å²) in [6.45, 7) is 0.338. The largest absolute Gasteiger partial charge is 0.353 e. The molecular formula is C15H18ClN3O4S. The maximum absolute atomic E-state index is 12.8. The van der Waals surface area contributed by atoms with E-state index in [1.807, 2.05) is 0 Å². The number of amides is 2. The van der Waals surface area contributed by atoms with Gasteiger partial charge in [0.1, 0.15) is 6.04 Å². The van der Waals surface area contributed by atoms with Crippen molar-refractivity contribution in [3.8, 4) is 0 Å². The maximum Gasteiger partial charge on any atom is 0.243 e. The second-order valence-corrected chi connectivity index (χ2v) is 8.25. The Hall–Kier alpha value is -1.64. The van der Waals surface area contributed by atoms with Crippen LogP contribution in [-0.4, -0.2) is 49.7 Å². The Bertz CT molecular complexity index is 746. The van der Waals surface area contributed by atoms with Gasteiger partial charge in [-0.2, -0.15) is 4.31 Å². The molecule has 24 heavy (non-hydrogen) atoms. The molecule has 0 unspecified atom stereocenters. The molecule has 1 heterocycles. The molecule has 1 atom stereocenters. The molecule has 1 aromatic carbocycles. The fourth-order valence-electron chi connectivity index (χ4n) is 2.61. The number of nitrogens with one attached hydrogen (secondary N) is 2. The average molecular weight is 372 g/mol. The zero-order chi connectivity index (χ0) is 17.3. The third kappa shape index (κ3) is 3.71. The summed E-state index contributed by atoms with van der Waals surface area (Å²) in [5.41, 5.74) is 0. The van der Waals surface area contributed by atoms with Gasteiger partial charge in [0.25, 0.3) is 0 Å². The first-order chi connectivity index (χ1) is 11.4. The van der Waals surface area contributed by atoms with E-state index >= 15 is 0 Å². The molecule has 1 aliphatic heterocycles. The van der Waals surface area contributed by atoms with Crippen molar-refractivity contribution in [1.82, 2.24) is 14.9 Å². The van der Waals surface area contributed by atoms with Crippen LogP contribution in [0.4, 0.5) is 0 Å². The predicted molar refractivity (Wildman–Crippen MR) is 87.9 cm³/mol. The molecule has 130 valence electrons. The molecule has 0 spiro atoms. The van der Waals surface area contributed by atoms with Crippen LogP contribution in [0, 0.1) is 0 Å². The summed E-state index contributed by atoms with van der Waals surface area (Å²) < 4.78 is 26.8. The molecule has 0 bridgehead atoms. The Labute approximate surface area is 145 Å². The van der Waals surface area contributed by atoms with E-state index in [1.54, 1.807) is 0 Å². The van der Waals surface area contributed by atoms with Crippen LogP contribution < -0.4 is 10.6 Å². The van der Waals surface area contributed by atoms with E-state index in [4.69, 9.17) is 11.6 Å². The third-order valence-corrected chi connectivity index (χ3v) is 6.20. The van der Waals surface area contributed by atoms with Crippen LogP contribution >= 0.6 is 11.6 Å². The Morgan fingerprint density at radius 1 is 1.29 bits per heavy atom. The summed E-state index contributed by atoms with van der Waals surface area (Å²) in [5, 5.41) is 5.83. The molecule has 2 N–H and O–H groups in total. The summed E-state index contributed by atoms with van der Waals surface area (Å²) in [5.74, 6) is -0.763. The Kier molecular flexibility index (Phi) is 4.80. The highest BCUT2D eigenvalue weighted by molar-refractivity contribution is 7.89. The molecule has 2 amide bonds. The molecule has 2 fully saturated rings. The van der Waals surface area contributed by atoms with Gasteiger partial charge in [-0.3, -0.25) is 9.59 Å². The van der Waals surface area contributed by atoms with Gasteiger partial charge in [-0.15, -0.1) is 0 Å². The van der Waals surface area contributed by atoms with E-state index < -0.39 is 22.0 Å². The van der Waals surface area contributed by atoms with Crippen LogP contribution in [0.1, 0.15) is 19.3 Å². The fraction of sp³-hybridized carbons (Fsp3) is 0.467. The lowest BCUT2D eigenvalue weighted by atomic mass is 10.1. The highest BCUT2D eigenvalue weighted by Gasteiger charge is 2.40. The molecule has 1 aromatic rings. The van der Waals surface area contributed by atoms with Crippen LogP contribution in [0.2, 0.25) is 5.02 Å². The summed E-state index contributed by atoms with van der Waals surface area (Å²) >= 11 is 5.80. The minimum absolute atomic E-state index is 0.0502. The number of nitrogens with zero attached hydrogens (tertiary/aromatic N) is 1. The molecule has 1 saturated heterocycles. The van der Waals surface area contributed by atoms with Gasteiger partial charge >= 0.3 is 0 Å². The summed E-state index contributed by atoms with van der Waals surface area (Å²) in [7, 11) is -3.89. The van der Waals surface area contributed by atoms with E-state index in [-0.39, 0.29) is 36.4 Å². The SMILES string of the molecule is O=C(C[C@@H]1C(=O)NCCN1S(=O)(=O)c1ccc(Cl)cc1)NC1CC1. The molecule has 1 saturated carbocycles. The van der Waals surface area contributed by atoms with Gasteiger partial charge in [-0.05, 0) is 37.1 Å². The van der Waals surface area contributed by atoms with Gasteiger partial charge in [-0.1, -0.05) is 11.6 Å². The number of rotatable bonds is 5. The number of carbonyl (C=O) groups excluding carboxylic acids is 2. The monoisotopic (exact) mass is 371 g/mol. The van der Waals surface area contributed by atoms with Crippen molar-refractivity contribution >= 4 is 33.4 Å². The summed E-state index contributed by atoms with van der Waals surface area (Å²) in [4.78, 5) is 24.2. The first-order valence-corrected chi connectivity index (χ1v) is 9.54. The number of hydrogen-bond donors (Lipinski definition) is 2. The van der Waals surface area contributed by atoms with Crippen molar-refractivity contribution in [1.29, 1.82) is 0 Å². The second-order valence-electron chi connectivity index (χ2n) is 5.92. The normalized spacial score (nSPS) is 22.0. The smallest absolute Gasteiger partial charge is 0.243 e. The van der Waals surface area contributed by atoms with Crippen LogP contribution in [0.15, 0.2) is 29.2 Å². The summed E-state index contributed by atoms with van der Waals surface area (Å²) in [6, 6.07) is 4.86. The fourth-order valence-corrected chi connectivity index (χ4v) is 4.32. The number of sulfonamides is 1. The Morgan fingerprint density at radius 3 is 2.58 bits per heavy atom. The molecule has 9 heteroatoms. The van der Waals surface area contributed by atoms with E-state index in [9.17, 15) is 18.0 Å². The minimum Gasteiger partial charge on any atom is -0.353 e. The lowest BCUT2D eigenvalue weighted by Gasteiger charge is -2.33. The van der Waals surface area contributed by atoms with Crippen molar-refractivity contribution in [3.63, 3.8) is 0 Å². The van der Waals surface area contributed by atoms with E-state index in [2.05, 4.69) is 10.6 Å². The molecule has 7 nitrogen and oxygen atoms in total. The van der Waals surface area contributed by atoms with Crippen LogP contribution in [0.5, 0.6) is 0 Å². The van der Waals surface area contributed by atoms with E-state index in [1.165, 1.54) is 24.3 Å². The average Bonchev–Trinajstić information content (AvgIpc) is 3.33. The van der Waals surface area contributed by atoms with Crippen molar-refractivity contribution in [2.75, 3.05) is 13.1 Å². The van der Waals surface area contributed by atoms with Crippen molar-refractivity contribution in [2.24, 2.45) is 0 Å². The lowest BCUT2D eigenvalue weighted by Crippen LogP contribution is -2.58. The molecule has 2 aliphatic rings.